The fourth-order valence-corrected chi connectivity index (χ4v) is 0.657. The van der Waals surface area contributed by atoms with Gasteiger partial charge >= 0.3 is 18.0 Å². The van der Waals surface area contributed by atoms with Gasteiger partial charge in [-0.25, -0.2) is 0 Å². The molecule has 90 valence electrons. The summed E-state index contributed by atoms with van der Waals surface area (Å²) in [5, 5.41) is 0. The van der Waals surface area contributed by atoms with E-state index in [4.69, 9.17) is 0 Å². The highest BCUT2D eigenvalue weighted by Gasteiger charge is 2.72. The molecule has 0 aliphatic heterocycles. The number of carbonyl (C=O) groups is 1. The highest BCUT2D eigenvalue weighted by Crippen LogP contribution is 2.46. The van der Waals surface area contributed by atoms with Gasteiger partial charge in [-0.3, -0.25) is 4.79 Å². The fraction of sp³-hybridized carbons (Fsp3) is 0.833. The van der Waals surface area contributed by atoms with E-state index in [1.807, 2.05) is 0 Å². The molecular formula is C6H6F7NO. The first-order valence-corrected chi connectivity index (χ1v) is 3.43. The van der Waals surface area contributed by atoms with Crippen molar-refractivity contribution in [3.63, 3.8) is 0 Å². The third-order valence-corrected chi connectivity index (χ3v) is 1.44. The van der Waals surface area contributed by atoms with Crippen molar-refractivity contribution < 1.29 is 35.5 Å². The molecule has 0 rings (SSSR count). The molecule has 15 heavy (non-hydrogen) atoms. The van der Waals surface area contributed by atoms with Crippen molar-refractivity contribution in [1.29, 1.82) is 0 Å². The monoisotopic (exact) mass is 241 g/mol. The molecule has 0 saturated carbocycles. The van der Waals surface area contributed by atoms with Crippen LogP contribution in [0.3, 0.4) is 0 Å². The lowest BCUT2D eigenvalue weighted by Gasteiger charge is -2.29. The summed E-state index contributed by atoms with van der Waals surface area (Å²) in [6.45, 7) is -2.01. The first-order valence-electron chi connectivity index (χ1n) is 3.43. The molecule has 0 aromatic carbocycles. The molecule has 0 aromatic rings. The number of alkyl halides is 7. The van der Waals surface area contributed by atoms with Crippen LogP contribution in [0.2, 0.25) is 0 Å². The third kappa shape index (κ3) is 2.72. The second-order valence-corrected chi connectivity index (χ2v) is 2.80. The predicted octanol–water partition coefficient (Wildman–Crippen LogP) is 1.91. The van der Waals surface area contributed by atoms with E-state index in [1.165, 1.54) is 0 Å². The zero-order chi connectivity index (χ0) is 12.5. The number of rotatable bonds is 4. The molecule has 0 aliphatic carbocycles. The lowest BCUT2D eigenvalue weighted by molar-refractivity contribution is -0.355. The Bertz CT molecular complexity index is 236. The molecule has 0 bridgehead atoms. The average molecular weight is 241 g/mol. The molecule has 2 nitrogen and oxygen atoms in total. The minimum atomic E-state index is -6.36. The molecule has 0 radical (unpaired) electrons. The van der Waals surface area contributed by atoms with Crippen LogP contribution < -0.4 is 0 Å². The Kier molecular flexibility index (Phi) is 3.59. The van der Waals surface area contributed by atoms with Crippen LogP contribution in [0.1, 0.15) is 0 Å². The van der Waals surface area contributed by atoms with Crippen LogP contribution in [0, 0.1) is 0 Å². The summed E-state index contributed by atoms with van der Waals surface area (Å²) in [5.74, 6) is -11.5. The number of nitrogens with zero attached hydrogens (tertiary/aromatic N) is 1. The molecule has 0 atom stereocenters. The van der Waals surface area contributed by atoms with Crippen molar-refractivity contribution in [3.05, 3.63) is 0 Å². The molecule has 0 spiro atoms. The number of hydrogen-bond acceptors (Lipinski definition) is 1. The number of amides is 1. The van der Waals surface area contributed by atoms with Crippen molar-refractivity contribution in [3.8, 4) is 0 Å². The van der Waals surface area contributed by atoms with Crippen LogP contribution in [0.25, 0.3) is 0 Å². The van der Waals surface area contributed by atoms with Crippen molar-refractivity contribution in [2.75, 3.05) is 13.6 Å². The van der Waals surface area contributed by atoms with Crippen LogP contribution in [-0.2, 0) is 4.79 Å². The molecule has 0 heterocycles. The van der Waals surface area contributed by atoms with Crippen LogP contribution in [0.5, 0.6) is 0 Å². The molecule has 0 aliphatic rings. The normalized spacial score (nSPS) is 13.9. The maximum Gasteiger partial charge on any atom is 0.459 e. The van der Waals surface area contributed by atoms with Gasteiger partial charge in [0, 0.05) is 7.05 Å². The van der Waals surface area contributed by atoms with Gasteiger partial charge < -0.3 is 4.90 Å². The Morgan fingerprint density at radius 3 is 1.73 bits per heavy atom. The maximum absolute atomic E-state index is 12.5. The Balaban J connectivity index is 4.93. The molecule has 0 fully saturated rings. The van der Waals surface area contributed by atoms with Crippen LogP contribution in [0.4, 0.5) is 30.7 Å². The van der Waals surface area contributed by atoms with E-state index in [0.29, 0.717) is 7.05 Å². The van der Waals surface area contributed by atoms with E-state index in [9.17, 15) is 35.5 Å². The highest BCUT2D eigenvalue weighted by atomic mass is 19.4. The average Bonchev–Trinajstić information content (AvgIpc) is 2.00. The Morgan fingerprint density at radius 1 is 1.07 bits per heavy atom. The third-order valence-electron chi connectivity index (χ3n) is 1.44. The van der Waals surface area contributed by atoms with Gasteiger partial charge in [-0.05, 0) is 0 Å². The summed E-state index contributed by atoms with van der Waals surface area (Å²) in [6, 6.07) is 0. The van der Waals surface area contributed by atoms with E-state index in [2.05, 4.69) is 0 Å². The quantitative estimate of drug-likeness (QED) is 0.543. The van der Waals surface area contributed by atoms with Crippen LogP contribution in [-0.4, -0.2) is 42.9 Å². The summed E-state index contributed by atoms with van der Waals surface area (Å²) in [4.78, 5) is 9.83. The first-order chi connectivity index (χ1) is 6.45. The highest BCUT2D eigenvalue weighted by molar-refractivity contribution is 5.46. The van der Waals surface area contributed by atoms with Gasteiger partial charge in [0.25, 0.3) is 0 Å². The van der Waals surface area contributed by atoms with Gasteiger partial charge in [0.15, 0.2) is 0 Å². The van der Waals surface area contributed by atoms with Crippen LogP contribution >= 0.6 is 0 Å². The number of carbonyl (C=O) groups excluding carboxylic acids is 1. The van der Waals surface area contributed by atoms with Gasteiger partial charge in [-0.2, -0.15) is 30.7 Å². The van der Waals surface area contributed by atoms with E-state index < -0.39 is 24.6 Å². The predicted molar refractivity (Wildman–Crippen MR) is 34.6 cm³/mol. The molecule has 9 heteroatoms. The van der Waals surface area contributed by atoms with Crippen molar-refractivity contribution in [2.45, 2.75) is 18.0 Å². The van der Waals surface area contributed by atoms with E-state index in [-0.39, 0.29) is 11.3 Å². The van der Waals surface area contributed by atoms with Gasteiger partial charge in [0.1, 0.15) is 0 Å². The smallest absolute Gasteiger partial charge is 0.342 e. The number of hydrogen-bond donors (Lipinski definition) is 0. The molecule has 0 saturated heterocycles. The zero-order valence-corrected chi connectivity index (χ0v) is 7.29. The maximum atomic E-state index is 12.5. The van der Waals surface area contributed by atoms with E-state index >= 15 is 0 Å². The Morgan fingerprint density at radius 2 is 1.47 bits per heavy atom. The minimum absolute atomic E-state index is 0.000347. The van der Waals surface area contributed by atoms with Gasteiger partial charge in [0.2, 0.25) is 6.41 Å². The second kappa shape index (κ2) is 3.86. The van der Waals surface area contributed by atoms with Gasteiger partial charge in [0.05, 0.1) is 6.54 Å². The summed E-state index contributed by atoms with van der Waals surface area (Å²) in [5.41, 5.74) is 0. The summed E-state index contributed by atoms with van der Waals surface area (Å²) < 4.78 is 83.9. The van der Waals surface area contributed by atoms with Gasteiger partial charge in [-0.1, -0.05) is 0 Å². The molecule has 1 amide bonds. The Hall–Kier alpha value is -1.02. The topological polar surface area (TPSA) is 20.3 Å². The molecule has 0 aromatic heterocycles. The van der Waals surface area contributed by atoms with Crippen molar-refractivity contribution in [1.82, 2.24) is 4.90 Å². The largest absolute Gasteiger partial charge is 0.459 e. The standard InChI is InChI=1S/C6H6F7NO/c1-14(3-15)2-4(7,8)5(9,10)6(11,12)13/h3H,2H2,1H3. The van der Waals surface area contributed by atoms with Crippen molar-refractivity contribution in [2.24, 2.45) is 0 Å². The summed E-state index contributed by atoms with van der Waals surface area (Å²) in [6.07, 6.45) is -6.64. The Labute approximate surface area is 79.6 Å². The van der Waals surface area contributed by atoms with Gasteiger partial charge in [-0.15, -0.1) is 0 Å². The van der Waals surface area contributed by atoms with Crippen LogP contribution in [0.15, 0.2) is 0 Å². The van der Waals surface area contributed by atoms with Crippen molar-refractivity contribution >= 4 is 6.41 Å². The second-order valence-electron chi connectivity index (χ2n) is 2.80. The number of halogens is 7. The minimum Gasteiger partial charge on any atom is -0.342 e. The zero-order valence-electron chi connectivity index (χ0n) is 7.29. The summed E-state index contributed by atoms with van der Waals surface area (Å²) >= 11 is 0. The lowest BCUT2D eigenvalue weighted by atomic mass is 10.1. The summed E-state index contributed by atoms with van der Waals surface area (Å²) in [7, 11) is 0.660. The van der Waals surface area contributed by atoms with E-state index in [1.54, 1.807) is 0 Å². The SMILES string of the molecule is CN(C=O)CC(F)(F)C(F)(F)C(F)(F)F. The fourth-order valence-electron chi connectivity index (χ4n) is 0.657. The molecule has 0 unspecified atom stereocenters. The lowest BCUT2D eigenvalue weighted by Crippen LogP contribution is -2.56. The van der Waals surface area contributed by atoms with E-state index in [0.717, 1.165) is 0 Å². The molecule has 0 N–H and O–H groups in total. The molecular weight excluding hydrogens is 235 g/mol. The first kappa shape index (κ1) is 14.0.